The van der Waals surface area contributed by atoms with Crippen LogP contribution in [0.2, 0.25) is 0 Å². The standard InChI is InChI=1S/C14H18F3N3O3/c1-8(13(22)18-7-14(15,16)17)19-11-6-10(20-9(2)21)4-5-12(11)23-3/h4-6,8,19H,7H2,1-3H3,(H,18,22)(H,20,21)/t8-/m0/s1. The molecule has 0 saturated heterocycles. The van der Waals surface area contributed by atoms with Gasteiger partial charge in [0, 0.05) is 12.6 Å². The number of anilines is 2. The van der Waals surface area contributed by atoms with Crippen LogP contribution in [0.4, 0.5) is 24.5 Å². The van der Waals surface area contributed by atoms with E-state index in [2.05, 4.69) is 10.6 Å². The van der Waals surface area contributed by atoms with Crippen LogP contribution in [0.15, 0.2) is 18.2 Å². The summed E-state index contributed by atoms with van der Waals surface area (Å²) < 4.78 is 41.4. The molecule has 0 saturated carbocycles. The van der Waals surface area contributed by atoms with Crippen molar-refractivity contribution in [1.29, 1.82) is 0 Å². The maximum Gasteiger partial charge on any atom is 0.405 e. The van der Waals surface area contributed by atoms with Crippen LogP contribution < -0.4 is 20.7 Å². The van der Waals surface area contributed by atoms with Crippen molar-refractivity contribution in [2.45, 2.75) is 26.1 Å². The van der Waals surface area contributed by atoms with Crippen LogP contribution in [0, 0.1) is 0 Å². The molecule has 0 aliphatic rings. The fourth-order valence-electron chi connectivity index (χ4n) is 1.74. The number of halogens is 3. The van der Waals surface area contributed by atoms with Gasteiger partial charge in [0.25, 0.3) is 0 Å². The summed E-state index contributed by atoms with van der Waals surface area (Å²) in [5.41, 5.74) is 0.831. The van der Waals surface area contributed by atoms with E-state index in [1.165, 1.54) is 27.0 Å². The highest BCUT2D eigenvalue weighted by atomic mass is 19.4. The van der Waals surface area contributed by atoms with Gasteiger partial charge in [-0.2, -0.15) is 13.2 Å². The molecule has 9 heteroatoms. The predicted molar refractivity (Wildman–Crippen MR) is 79.4 cm³/mol. The number of rotatable bonds is 6. The van der Waals surface area contributed by atoms with Gasteiger partial charge in [-0.15, -0.1) is 0 Å². The fourth-order valence-corrected chi connectivity index (χ4v) is 1.74. The molecular weight excluding hydrogens is 315 g/mol. The third-order valence-corrected chi connectivity index (χ3v) is 2.75. The largest absolute Gasteiger partial charge is 0.495 e. The summed E-state index contributed by atoms with van der Waals surface area (Å²) in [6.45, 7) is 1.35. The summed E-state index contributed by atoms with van der Waals surface area (Å²) in [5, 5.41) is 7.11. The number of nitrogens with one attached hydrogen (secondary N) is 3. The number of hydrogen-bond donors (Lipinski definition) is 3. The van der Waals surface area contributed by atoms with Crippen molar-refractivity contribution in [2.75, 3.05) is 24.3 Å². The molecule has 6 nitrogen and oxygen atoms in total. The van der Waals surface area contributed by atoms with E-state index in [4.69, 9.17) is 4.74 Å². The molecule has 1 aromatic carbocycles. The molecule has 0 unspecified atom stereocenters. The van der Waals surface area contributed by atoms with Crippen LogP contribution in [0.5, 0.6) is 5.75 Å². The van der Waals surface area contributed by atoms with E-state index < -0.39 is 24.7 Å². The lowest BCUT2D eigenvalue weighted by molar-refractivity contribution is -0.138. The Hall–Kier alpha value is -2.45. The second kappa shape index (κ2) is 7.70. The molecule has 1 atom stereocenters. The first-order valence-electron chi connectivity index (χ1n) is 6.69. The maximum absolute atomic E-state index is 12.1. The Morgan fingerprint density at radius 1 is 1.30 bits per heavy atom. The molecule has 2 amide bonds. The number of ether oxygens (including phenoxy) is 1. The minimum atomic E-state index is -4.47. The fraction of sp³-hybridized carbons (Fsp3) is 0.429. The summed E-state index contributed by atoms with van der Waals surface area (Å²) in [6.07, 6.45) is -4.47. The third kappa shape index (κ3) is 6.45. The van der Waals surface area contributed by atoms with E-state index in [0.717, 1.165) is 0 Å². The molecule has 0 fully saturated rings. The number of methoxy groups -OCH3 is 1. The van der Waals surface area contributed by atoms with Crippen molar-refractivity contribution in [3.63, 3.8) is 0 Å². The zero-order valence-electron chi connectivity index (χ0n) is 12.9. The van der Waals surface area contributed by atoms with Gasteiger partial charge in [-0.25, -0.2) is 0 Å². The van der Waals surface area contributed by atoms with E-state index in [1.807, 2.05) is 0 Å². The molecule has 0 spiro atoms. The van der Waals surface area contributed by atoms with E-state index in [0.29, 0.717) is 17.1 Å². The minimum Gasteiger partial charge on any atom is -0.495 e. The lowest BCUT2D eigenvalue weighted by Gasteiger charge is -2.18. The first-order valence-corrected chi connectivity index (χ1v) is 6.69. The molecule has 23 heavy (non-hydrogen) atoms. The molecule has 0 heterocycles. The van der Waals surface area contributed by atoms with Crippen LogP contribution >= 0.6 is 0 Å². The van der Waals surface area contributed by atoms with Crippen molar-refractivity contribution in [1.82, 2.24) is 5.32 Å². The average molecular weight is 333 g/mol. The van der Waals surface area contributed by atoms with Gasteiger partial charge in [0.2, 0.25) is 11.8 Å². The van der Waals surface area contributed by atoms with Crippen molar-refractivity contribution in [2.24, 2.45) is 0 Å². The molecule has 0 bridgehead atoms. The Balaban J connectivity index is 2.80. The molecule has 0 aliphatic heterocycles. The normalized spacial score (nSPS) is 12.3. The number of alkyl halides is 3. The Bertz CT molecular complexity index is 576. The quantitative estimate of drug-likeness (QED) is 0.745. The molecule has 1 rings (SSSR count). The molecule has 0 aromatic heterocycles. The van der Waals surface area contributed by atoms with Crippen LogP contribution in [-0.2, 0) is 9.59 Å². The average Bonchev–Trinajstić information content (AvgIpc) is 2.43. The third-order valence-electron chi connectivity index (χ3n) is 2.75. The van der Waals surface area contributed by atoms with Gasteiger partial charge < -0.3 is 20.7 Å². The monoisotopic (exact) mass is 333 g/mol. The molecule has 3 N–H and O–H groups in total. The number of carbonyl (C=O) groups is 2. The summed E-state index contributed by atoms with van der Waals surface area (Å²) in [7, 11) is 1.41. The Labute approximate surface area is 131 Å². The van der Waals surface area contributed by atoms with E-state index in [-0.39, 0.29) is 5.91 Å². The number of benzene rings is 1. The van der Waals surface area contributed by atoms with Crippen molar-refractivity contribution in [3.05, 3.63) is 18.2 Å². The first kappa shape index (κ1) is 18.6. The Kier molecular flexibility index (Phi) is 6.23. The van der Waals surface area contributed by atoms with Gasteiger partial charge >= 0.3 is 6.18 Å². The highest BCUT2D eigenvalue weighted by molar-refractivity contribution is 5.90. The Morgan fingerprint density at radius 3 is 2.48 bits per heavy atom. The lowest BCUT2D eigenvalue weighted by atomic mass is 10.2. The van der Waals surface area contributed by atoms with Gasteiger partial charge in [-0.05, 0) is 25.1 Å². The molecule has 128 valence electrons. The zero-order valence-corrected chi connectivity index (χ0v) is 12.9. The summed E-state index contributed by atoms with van der Waals surface area (Å²) in [6, 6.07) is 3.75. The number of hydrogen-bond acceptors (Lipinski definition) is 4. The SMILES string of the molecule is COc1ccc(NC(C)=O)cc1N[C@@H](C)C(=O)NCC(F)(F)F. The molecule has 1 aromatic rings. The van der Waals surface area contributed by atoms with Crippen molar-refractivity contribution in [3.8, 4) is 5.75 Å². The second-order valence-corrected chi connectivity index (χ2v) is 4.80. The first-order chi connectivity index (χ1) is 10.6. The number of amides is 2. The van der Waals surface area contributed by atoms with E-state index in [1.54, 1.807) is 17.4 Å². The summed E-state index contributed by atoms with van der Waals surface area (Å²) in [4.78, 5) is 22.7. The lowest BCUT2D eigenvalue weighted by Crippen LogP contribution is -2.42. The van der Waals surface area contributed by atoms with Crippen molar-refractivity contribution >= 4 is 23.2 Å². The van der Waals surface area contributed by atoms with Crippen LogP contribution in [-0.4, -0.2) is 37.7 Å². The van der Waals surface area contributed by atoms with Gasteiger partial charge in [0.1, 0.15) is 18.3 Å². The van der Waals surface area contributed by atoms with Crippen molar-refractivity contribution < 1.29 is 27.5 Å². The second-order valence-electron chi connectivity index (χ2n) is 4.80. The molecular formula is C14H18F3N3O3. The molecule has 0 radical (unpaired) electrons. The minimum absolute atomic E-state index is 0.280. The molecule has 0 aliphatic carbocycles. The smallest absolute Gasteiger partial charge is 0.405 e. The van der Waals surface area contributed by atoms with Gasteiger partial charge in [-0.1, -0.05) is 0 Å². The predicted octanol–water partition coefficient (Wildman–Crippen LogP) is 2.13. The van der Waals surface area contributed by atoms with Gasteiger partial charge in [0.15, 0.2) is 0 Å². The summed E-state index contributed by atoms with van der Waals surface area (Å²) in [5.74, 6) is -0.707. The van der Waals surface area contributed by atoms with Gasteiger partial charge in [0.05, 0.1) is 12.8 Å². The highest BCUT2D eigenvalue weighted by Crippen LogP contribution is 2.28. The van der Waals surface area contributed by atoms with Crippen LogP contribution in [0.3, 0.4) is 0 Å². The van der Waals surface area contributed by atoms with Crippen LogP contribution in [0.1, 0.15) is 13.8 Å². The maximum atomic E-state index is 12.1. The van der Waals surface area contributed by atoms with E-state index in [9.17, 15) is 22.8 Å². The Morgan fingerprint density at radius 2 is 1.96 bits per heavy atom. The zero-order chi connectivity index (χ0) is 17.6. The van der Waals surface area contributed by atoms with E-state index >= 15 is 0 Å². The number of carbonyl (C=O) groups excluding carboxylic acids is 2. The van der Waals surface area contributed by atoms with Gasteiger partial charge in [-0.3, -0.25) is 9.59 Å². The topological polar surface area (TPSA) is 79.5 Å². The summed E-state index contributed by atoms with van der Waals surface area (Å²) >= 11 is 0. The highest BCUT2D eigenvalue weighted by Gasteiger charge is 2.28. The van der Waals surface area contributed by atoms with Crippen LogP contribution in [0.25, 0.3) is 0 Å².